The average molecular weight is 607 g/mol. The Kier molecular flexibility index (Phi) is 8.43. The Bertz CT molecular complexity index is 1540. The predicted octanol–water partition coefficient (Wildman–Crippen LogP) is 6.95. The van der Waals surface area contributed by atoms with Crippen LogP contribution in [0.25, 0.3) is 22.3 Å². The molecule has 1 aromatic heterocycles. The van der Waals surface area contributed by atoms with Crippen molar-refractivity contribution in [3.05, 3.63) is 97.9 Å². The zero-order valence-electron chi connectivity index (χ0n) is 21.5. The van der Waals surface area contributed by atoms with Crippen molar-refractivity contribution in [1.29, 1.82) is 0 Å². The molecule has 0 amide bonds. The SMILES string of the molecule is C=CCOc1ccc(C=Nn2c(-c3cc(C(C)C)c(OCC)cc3C)nc3ccccc3c2=O)cc1I. The third-order valence-electron chi connectivity index (χ3n) is 5.91. The van der Waals surface area contributed by atoms with Crippen LogP contribution in [0.2, 0.25) is 0 Å². The van der Waals surface area contributed by atoms with E-state index < -0.39 is 0 Å². The number of fused-ring (bicyclic) bond motifs is 1. The lowest BCUT2D eigenvalue weighted by Crippen LogP contribution is -2.21. The summed E-state index contributed by atoms with van der Waals surface area (Å²) in [6, 6.07) is 17.2. The number of ether oxygens (including phenoxy) is 2. The van der Waals surface area contributed by atoms with Crippen molar-refractivity contribution in [2.45, 2.75) is 33.6 Å². The minimum atomic E-state index is -0.225. The fourth-order valence-corrected chi connectivity index (χ4v) is 4.76. The molecule has 0 aliphatic heterocycles. The summed E-state index contributed by atoms with van der Waals surface area (Å²) in [5.74, 6) is 2.34. The summed E-state index contributed by atoms with van der Waals surface area (Å²) in [6.45, 7) is 12.9. The third kappa shape index (κ3) is 5.77. The van der Waals surface area contributed by atoms with E-state index in [9.17, 15) is 4.79 Å². The molecule has 0 atom stereocenters. The normalized spacial score (nSPS) is 11.4. The number of halogens is 1. The lowest BCUT2D eigenvalue weighted by Gasteiger charge is -2.18. The van der Waals surface area contributed by atoms with E-state index >= 15 is 0 Å². The number of hydrogen-bond acceptors (Lipinski definition) is 5. The van der Waals surface area contributed by atoms with Crippen LogP contribution in [-0.2, 0) is 0 Å². The lowest BCUT2D eigenvalue weighted by atomic mass is 9.96. The second-order valence-corrected chi connectivity index (χ2v) is 10.1. The molecule has 0 unspecified atom stereocenters. The van der Waals surface area contributed by atoms with Crippen LogP contribution >= 0.6 is 22.6 Å². The summed E-state index contributed by atoms with van der Waals surface area (Å²) in [5.41, 5.74) is 4.10. The predicted molar refractivity (Wildman–Crippen MR) is 159 cm³/mol. The average Bonchev–Trinajstić information content (AvgIpc) is 2.88. The first-order chi connectivity index (χ1) is 17.8. The third-order valence-corrected chi connectivity index (χ3v) is 6.75. The standard InChI is InChI=1S/C30H30IN3O3/c1-6-14-37-27-13-12-21(16-25(27)31)18-32-34-29(33-26-11-9-8-10-22(26)30(34)35)24-17-23(19(3)4)28(36-7-2)15-20(24)5/h6,8-13,15-19H,1,7,14H2,2-5H3. The van der Waals surface area contributed by atoms with Gasteiger partial charge in [-0.2, -0.15) is 9.78 Å². The molecule has 1 heterocycles. The molecule has 0 aliphatic rings. The van der Waals surface area contributed by atoms with Gasteiger partial charge in [0, 0.05) is 5.56 Å². The maximum Gasteiger partial charge on any atom is 0.282 e. The van der Waals surface area contributed by atoms with Gasteiger partial charge in [-0.3, -0.25) is 4.79 Å². The fraction of sp³-hybridized carbons (Fsp3) is 0.233. The summed E-state index contributed by atoms with van der Waals surface area (Å²) in [4.78, 5) is 18.5. The Labute approximate surface area is 230 Å². The molecule has 3 aromatic carbocycles. The van der Waals surface area contributed by atoms with E-state index in [4.69, 9.17) is 14.5 Å². The van der Waals surface area contributed by atoms with Crippen LogP contribution in [0, 0.1) is 10.5 Å². The van der Waals surface area contributed by atoms with E-state index in [1.807, 2.05) is 56.3 Å². The number of aryl methyl sites for hydroxylation is 1. The Morgan fingerprint density at radius 3 is 2.59 bits per heavy atom. The zero-order valence-corrected chi connectivity index (χ0v) is 23.7. The number of para-hydroxylation sites is 1. The molecular formula is C30H30IN3O3. The molecule has 7 heteroatoms. The van der Waals surface area contributed by atoms with Crippen molar-refractivity contribution in [3.63, 3.8) is 0 Å². The summed E-state index contributed by atoms with van der Waals surface area (Å²) < 4.78 is 13.9. The first-order valence-corrected chi connectivity index (χ1v) is 13.3. The van der Waals surface area contributed by atoms with Gasteiger partial charge in [-0.05, 0) is 102 Å². The van der Waals surface area contributed by atoms with Gasteiger partial charge < -0.3 is 9.47 Å². The molecule has 0 saturated heterocycles. The molecule has 190 valence electrons. The van der Waals surface area contributed by atoms with Crippen molar-refractivity contribution < 1.29 is 9.47 Å². The van der Waals surface area contributed by atoms with Gasteiger partial charge in [0.15, 0.2) is 5.82 Å². The first-order valence-electron chi connectivity index (χ1n) is 12.2. The molecule has 6 nitrogen and oxygen atoms in total. The topological polar surface area (TPSA) is 65.7 Å². The van der Waals surface area contributed by atoms with Gasteiger partial charge >= 0.3 is 0 Å². The van der Waals surface area contributed by atoms with Gasteiger partial charge in [-0.1, -0.05) is 38.6 Å². The minimum absolute atomic E-state index is 0.225. The molecule has 4 rings (SSSR count). The molecular weight excluding hydrogens is 577 g/mol. The molecule has 4 aromatic rings. The Balaban J connectivity index is 1.89. The summed E-state index contributed by atoms with van der Waals surface area (Å²) >= 11 is 2.22. The van der Waals surface area contributed by atoms with Crippen LogP contribution in [0.5, 0.6) is 11.5 Å². The fourth-order valence-electron chi connectivity index (χ4n) is 4.06. The molecule has 0 spiro atoms. The van der Waals surface area contributed by atoms with Crippen molar-refractivity contribution >= 4 is 39.7 Å². The molecule has 0 N–H and O–H groups in total. The summed E-state index contributed by atoms with van der Waals surface area (Å²) in [5, 5.41) is 5.15. The number of aromatic nitrogens is 2. The van der Waals surface area contributed by atoms with Gasteiger partial charge in [0.2, 0.25) is 0 Å². The van der Waals surface area contributed by atoms with Crippen LogP contribution in [0.3, 0.4) is 0 Å². The maximum absolute atomic E-state index is 13.6. The van der Waals surface area contributed by atoms with E-state index in [0.717, 1.165) is 37.3 Å². The molecule has 0 fully saturated rings. The van der Waals surface area contributed by atoms with Crippen LogP contribution < -0.4 is 15.0 Å². The highest BCUT2D eigenvalue weighted by atomic mass is 127. The molecule has 0 aliphatic carbocycles. The quantitative estimate of drug-likeness (QED) is 0.117. The van der Waals surface area contributed by atoms with E-state index in [2.05, 4.69) is 54.2 Å². The lowest BCUT2D eigenvalue weighted by molar-refractivity contribution is 0.335. The smallest absolute Gasteiger partial charge is 0.282 e. The van der Waals surface area contributed by atoms with Gasteiger partial charge in [-0.25, -0.2) is 4.98 Å². The molecule has 0 bridgehead atoms. The van der Waals surface area contributed by atoms with Crippen LogP contribution in [0.1, 0.15) is 43.4 Å². The summed E-state index contributed by atoms with van der Waals surface area (Å²) in [6.07, 6.45) is 3.38. The second kappa shape index (κ2) is 11.7. The monoisotopic (exact) mass is 607 g/mol. The van der Waals surface area contributed by atoms with E-state index in [-0.39, 0.29) is 11.5 Å². The minimum Gasteiger partial charge on any atom is -0.494 e. The number of hydrogen-bond donors (Lipinski definition) is 0. The Morgan fingerprint density at radius 2 is 1.89 bits per heavy atom. The first kappa shape index (κ1) is 26.6. The van der Waals surface area contributed by atoms with Gasteiger partial charge in [0.05, 0.1) is 27.3 Å². The zero-order chi connectivity index (χ0) is 26.5. The number of rotatable bonds is 9. The second-order valence-electron chi connectivity index (χ2n) is 8.90. The Morgan fingerprint density at radius 1 is 1.11 bits per heavy atom. The maximum atomic E-state index is 13.6. The highest BCUT2D eigenvalue weighted by Crippen LogP contribution is 2.34. The number of benzene rings is 3. The van der Waals surface area contributed by atoms with Crippen molar-refractivity contribution in [1.82, 2.24) is 9.66 Å². The Hall–Kier alpha value is -3.46. The van der Waals surface area contributed by atoms with Crippen molar-refractivity contribution in [3.8, 4) is 22.9 Å². The van der Waals surface area contributed by atoms with E-state index in [0.29, 0.717) is 29.9 Å². The largest absolute Gasteiger partial charge is 0.494 e. The van der Waals surface area contributed by atoms with Crippen LogP contribution in [0.15, 0.2) is 77.1 Å². The van der Waals surface area contributed by atoms with Gasteiger partial charge in [-0.15, -0.1) is 0 Å². The molecule has 0 radical (unpaired) electrons. The molecule has 0 saturated carbocycles. The van der Waals surface area contributed by atoms with Gasteiger partial charge in [0.25, 0.3) is 5.56 Å². The van der Waals surface area contributed by atoms with Crippen LogP contribution in [-0.4, -0.2) is 29.1 Å². The van der Waals surface area contributed by atoms with Crippen molar-refractivity contribution in [2.75, 3.05) is 13.2 Å². The highest BCUT2D eigenvalue weighted by molar-refractivity contribution is 14.1. The van der Waals surface area contributed by atoms with E-state index in [1.54, 1.807) is 18.4 Å². The highest BCUT2D eigenvalue weighted by Gasteiger charge is 2.18. The molecule has 37 heavy (non-hydrogen) atoms. The van der Waals surface area contributed by atoms with E-state index in [1.165, 1.54) is 4.68 Å². The van der Waals surface area contributed by atoms with Crippen LogP contribution in [0.4, 0.5) is 0 Å². The van der Waals surface area contributed by atoms with Gasteiger partial charge in [0.1, 0.15) is 18.1 Å². The van der Waals surface area contributed by atoms with Crippen molar-refractivity contribution in [2.24, 2.45) is 5.10 Å². The number of nitrogens with zero attached hydrogens (tertiary/aromatic N) is 3. The summed E-state index contributed by atoms with van der Waals surface area (Å²) in [7, 11) is 0.